The van der Waals surface area contributed by atoms with Crippen LogP contribution in [-0.4, -0.2) is 63.9 Å². The quantitative estimate of drug-likeness (QED) is 0.380. The maximum Gasteiger partial charge on any atom is 0.381 e. The van der Waals surface area contributed by atoms with Crippen LogP contribution in [0.3, 0.4) is 0 Å². The smallest absolute Gasteiger partial charge is 0.381 e. The normalized spacial score (nSPS) is 24.0. The summed E-state index contributed by atoms with van der Waals surface area (Å²) in [7, 11) is -3.89. The highest BCUT2D eigenvalue weighted by molar-refractivity contribution is 6.53. The van der Waals surface area contributed by atoms with Crippen LogP contribution in [0.1, 0.15) is 12.8 Å². The molecule has 162 valence electrons. The Hall–Kier alpha value is -0.733. The molecule has 4 unspecified atom stereocenters. The fraction of sp³-hybridized carbons (Fsp3) is 1.00. The molecule has 1 rings (SSSR count). The molecule has 0 aliphatic carbocycles. The van der Waals surface area contributed by atoms with E-state index in [1.807, 2.05) is 0 Å². The molecule has 1 heterocycles. The minimum atomic E-state index is -7.39. The van der Waals surface area contributed by atoms with Crippen LogP contribution in [0.2, 0.25) is 6.04 Å². The minimum Gasteiger partial charge on any atom is -0.417 e. The maximum absolute atomic E-state index is 13.8. The molecule has 0 aromatic carbocycles. The van der Waals surface area contributed by atoms with E-state index in [9.17, 15) is 57.1 Å². The molecule has 1 nitrogen and oxygen atoms in total. The lowest BCUT2D eigenvalue weighted by molar-refractivity contribution is -0.383. The van der Waals surface area contributed by atoms with Crippen molar-refractivity contribution in [3.8, 4) is 0 Å². The van der Waals surface area contributed by atoms with Crippen molar-refractivity contribution in [2.45, 2.75) is 67.1 Å². The van der Waals surface area contributed by atoms with Crippen molar-refractivity contribution in [2.24, 2.45) is 0 Å². The van der Waals surface area contributed by atoms with Crippen molar-refractivity contribution in [1.82, 2.24) is 0 Å². The van der Waals surface area contributed by atoms with Gasteiger partial charge in [0.05, 0.1) is 0 Å². The van der Waals surface area contributed by atoms with Gasteiger partial charge in [-0.3, -0.25) is 0 Å². The molecule has 1 fully saturated rings. The second-order valence-electron chi connectivity index (χ2n) is 5.88. The molecular weight excluding hydrogens is 435 g/mol. The second-order valence-corrected chi connectivity index (χ2v) is 8.46. The Labute approximate surface area is 145 Å². The minimum absolute atomic E-state index is 0.0377. The maximum atomic E-state index is 13.8. The van der Waals surface area contributed by atoms with Crippen LogP contribution >= 0.6 is 0 Å². The van der Waals surface area contributed by atoms with Crippen molar-refractivity contribution in [3.05, 3.63) is 0 Å². The summed E-state index contributed by atoms with van der Waals surface area (Å²) in [4.78, 5) is 0. The standard InChI is InChI=1S/C12H13F13OSi/c13-5(7(15)16)6(14)9(18,19)11(22,23)12(24,25)10(20,21)8(17)27-4-2-1-3-26-27/h5-8,27H,1-4H2. The molecule has 0 amide bonds. The van der Waals surface area contributed by atoms with E-state index < -0.39 is 63.3 Å². The molecule has 1 aliphatic rings. The van der Waals surface area contributed by atoms with Gasteiger partial charge >= 0.3 is 23.7 Å². The molecule has 0 aromatic rings. The predicted molar refractivity (Wildman–Crippen MR) is 67.6 cm³/mol. The van der Waals surface area contributed by atoms with Crippen LogP contribution in [0, 0.1) is 0 Å². The highest BCUT2D eigenvalue weighted by atomic mass is 28.3. The van der Waals surface area contributed by atoms with E-state index in [0.717, 1.165) is 0 Å². The van der Waals surface area contributed by atoms with E-state index in [2.05, 4.69) is 4.43 Å². The summed E-state index contributed by atoms with van der Waals surface area (Å²) in [6, 6.07) is -0.488. The van der Waals surface area contributed by atoms with Crippen molar-refractivity contribution < 1.29 is 61.5 Å². The fourth-order valence-electron chi connectivity index (χ4n) is 2.32. The van der Waals surface area contributed by atoms with Crippen LogP contribution in [0.4, 0.5) is 57.1 Å². The Kier molecular flexibility index (Phi) is 7.15. The molecule has 27 heavy (non-hydrogen) atoms. The Balaban J connectivity index is 3.23. The van der Waals surface area contributed by atoms with Gasteiger partial charge in [0, 0.05) is 6.61 Å². The molecule has 0 spiro atoms. The van der Waals surface area contributed by atoms with Crippen LogP contribution in [0.5, 0.6) is 0 Å². The van der Waals surface area contributed by atoms with Crippen LogP contribution in [0.15, 0.2) is 0 Å². The van der Waals surface area contributed by atoms with E-state index in [-0.39, 0.29) is 19.4 Å². The summed E-state index contributed by atoms with van der Waals surface area (Å²) in [5, 5.41) is 0. The molecule has 0 bridgehead atoms. The average molecular weight is 448 g/mol. The van der Waals surface area contributed by atoms with Gasteiger partial charge < -0.3 is 4.43 Å². The first-order valence-corrected chi connectivity index (χ1v) is 9.32. The number of alkyl halides is 13. The second kappa shape index (κ2) is 7.95. The van der Waals surface area contributed by atoms with E-state index in [1.165, 1.54) is 0 Å². The van der Waals surface area contributed by atoms with Gasteiger partial charge in [-0.05, 0) is 12.5 Å². The zero-order chi connectivity index (χ0) is 21.4. The summed E-state index contributed by atoms with van der Waals surface area (Å²) < 4.78 is 176. The zero-order valence-electron chi connectivity index (χ0n) is 13.0. The topological polar surface area (TPSA) is 9.23 Å². The predicted octanol–water partition coefficient (Wildman–Crippen LogP) is 4.88. The Morgan fingerprint density at radius 1 is 0.704 bits per heavy atom. The summed E-state index contributed by atoms with van der Waals surface area (Å²) in [6.07, 6.45) is -14.3. The SMILES string of the molecule is FC(F)C(F)C(F)C(F)(F)C(F)(F)C(F)(F)C(F)(F)C(F)[SiH]1CCCCO1. The third kappa shape index (κ3) is 4.03. The molecule has 1 saturated heterocycles. The van der Waals surface area contributed by atoms with E-state index in [4.69, 9.17) is 0 Å². The molecule has 0 saturated carbocycles. The van der Waals surface area contributed by atoms with Gasteiger partial charge in [0.15, 0.2) is 12.0 Å². The van der Waals surface area contributed by atoms with Crippen LogP contribution in [-0.2, 0) is 4.43 Å². The third-order valence-electron chi connectivity index (χ3n) is 3.99. The van der Waals surface area contributed by atoms with Gasteiger partial charge in [-0.25, -0.2) is 22.0 Å². The molecule has 4 atom stereocenters. The highest BCUT2D eigenvalue weighted by Gasteiger charge is 2.85. The Bertz CT molecular complexity index is 494. The Morgan fingerprint density at radius 3 is 1.59 bits per heavy atom. The first-order chi connectivity index (χ1) is 12.0. The van der Waals surface area contributed by atoms with Crippen molar-refractivity contribution >= 4 is 9.04 Å². The lowest BCUT2D eigenvalue weighted by Gasteiger charge is -2.40. The van der Waals surface area contributed by atoms with Gasteiger partial charge in [0.25, 0.3) is 6.43 Å². The molecule has 15 heteroatoms. The van der Waals surface area contributed by atoms with Gasteiger partial charge in [0.2, 0.25) is 15.2 Å². The van der Waals surface area contributed by atoms with Gasteiger partial charge in [-0.1, -0.05) is 6.42 Å². The summed E-state index contributed by atoms with van der Waals surface area (Å²) >= 11 is 0. The summed E-state index contributed by atoms with van der Waals surface area (Å²) in [5.74, 6) is -32.1. The fourth-order valence-corrected chi connectivity index (χ4v) is 4.79. The lowest BCUT2D eigenvalue weighted by atomic mass is 9.94. The van der Waals surface area contributed by atoms with Crippen LogP contribution in [0.25, 0.3) is 0 Å². The molecular formula is C12H13F13OSi. The summed E-state index contributed by atoms with van der Waals surface area (Å²) in [5.41, 5.74) is 0. The zero-order valence-corrected chi connectivity index (χ0v) is 14.2. The highest BCUT2D eigenvalue weighted by Crippen LogP contribution is 2.56. The van der Waals surface area contributed by atoms with Crippen molar-refractivity contribution in [1.29, 1.82) is 0 Å². The van der Waals surface area contributed by atoms with Crippen LogP contribution < -0.4 is 0 Å². The molecule has 1 aliphatic heterocycles. The molecule has 0 aromatic heterocycles. The number of halogens is 13. The van der Waals surface area contributed by atoms with E-state index in [0.29, 0.717) is 0 Å². The molecule has 0 radical (unpaired) electrons. The van der Waals surface area contributed by atoms with E-state index >= 15 is 0 Å². The average Bonchev–Trinajstić information content (AvgIpc) is 2.59. The van der Waals surface area contributed by atoms with Gasteiger partial charge in [0.1, 0.15) is 0 Å². The van der Waals surface area contributed by atoms with Crippen molar-refractivity contribution in [3.63, 3.8) is 0 Å². The Morgan fingerprint density at radius 2 is 1.19 bits per heavy atom. The molecule has 0 N–H and O–H groups in total. The van der Waals surface area contributed by atoms with E-state index in [1.54, 1.807) is 0 Å². The number of hydrogen-bond donors (Lipinski definition) is 0. The summed E-state index contributed by atoms with van der Waals surface area (Å²) in [6.45, 7) is -0.337. The largest absolute Gasteiger partial charge is 0.417 e. The van der Waals surface area contributed by atoms with Gasteiger partial charge in [-0.2, -0.15) is 35.1 Å². The third-order valence-corrected chi connectivity index (χ3v) is 6.70. The first-order valence-electron chi connectivity index (χ1n) is 7.36. The van der Waals surface area contributed by atoms with Gasteiger partial charge in [-0.15, -0.1) is 0 Å². The number of hydrogen-bond acceptors (Lipinski definition) is 1. The number of rotatable bonds is 8. The monoisotopic (exact) mass is 448 g/mol. The first kappa shape index (κ1) is 24.3. The van der Waals surface area contributed by atoms with Crippen molar-refractivity contribution in [2.75, 3.05) is 6.61 Å². The lowest BCUT2D eigenvalue weighted by Crippen LogP contribution is -2.69.